The molecule has 2 rings (SSSR count). The van der Waals surface area contributed by atoms with Crippen molar-refractivity contribution in [2.45, 2.75) is 44.8 Å². The number of ether oxygens (including phenoxy) is 1. The molecule has 0 heterocycles. The van der Waals surface area contributed by atoms with E-state index in [0.717, 1.165) is 12.1 Å². The predicted octanol–water partition coefficient (Wildman–Crippen LogP) is 5.88. The number of halogens is 7. The Morgan fingerprint density at radius 2 is 1.55 bits per heavy atom. The minimum atomic E-state index is -5.21. The first-order chi connectivity index (χ1) is 19.4. The number of rotatable bonds is 14. The number of methoxy groups -OCH3 is 1. The van der Waals surface area contributed by atoms with Crippen LogP contribution in [0.2, 0.25) is 10.0 Å². The molecule has 0 fully saturated rings. The van der Waals surface area contributed by atoms with Gasteiger partial charge in [-0.3, -0.25) is 19.2 Å². The number of carbonyl (C=O) groups excluding carboxylic acids is 4. The van der Waals surface area contributed by atoms with E-state index in [0.29, 0.717) is 5.75 Å². The van der Waals surface area contributed by atoms with Gasteiger partial charge in [-0.25, -0.2) is 0 Å². The van der Waals surface area contributed by atoms with Crippen LogP contribution in [0.4, 0.5) is 22.0 Å². The zero-order valence-electron chi connectivity index (χ0n) is 22.6. The number of aliphatic hydroxyl groups excluding tert-OH is 1. The maximum absolute atomic E-state index is 15.0. The minimum absolute atomic E-state index is 0.0650. The summed E-state index contributed by atoms with van der Waals surface area (Å²) in [6.07, 6.45) is -7.32. The van der Waals surface area contributed by atoms with E-state index in [1.165, 1.54) is 51.3 Å². The van der Waals surface area contributed by atoms with Crippen LogP contribution in [-0.4, -0.2) is 48.3 Å². The van der Waals surface area contributed by atoms with Gasteiger partial charge in [-0.1, -0.05) is 49.2 Å². The Morgan fingerprint density at radius 1 is 0.952 bits per heavy atom. The van der Waals surface area contributed by atoms with E-state index in [2.05, 4.69) is 5.32 Å². The molecule has 0 unspecified atom stereocenters. The summed E-state index contributed by atoms with van der Waals surface area (Å²) in [7, 11) is 1.35. The normalized spacial score (nSPS) is 14.2. The molecule has 0 aliphatic carbocycles. The molecular formula is C28H28Cl2F5NO6. The number of alkyl halides is 5. The molecular weight excluding hydrogens is 612 g/mol. The Bertz CT molecular complexity index is 1300. The smallest absolute Gasteiger partial charge is 0.450 e. The number of nitrogens with one attached hydrogen (secondary N) is 1. The summed E-state index contributed by atoms with van der Waals surface area (Å²) in [4.78, 5) is 50.9. The second-order valence-corrected chi connectivity index (χ2v) is 10.6. The van der Waals surface area contributed by atoms with E-state index in [1.54, 1.807) is 0 Å². The van der Waals surface area contributed by atoms with Crippen LogP contribution in [0.5, 0.6) is 5.75 Å². The first-order valence-corrected chi connectivity index (χ1v) is 13.2. The van der Waals surface area contributed by atoms with Crippen LogP contribution in [0.15, 0.2) is 42.5 Å². The molecule has 42 heavy (non-hydrogen) atoms. The summed E-state index contributed by atoms with van der Waals surface area (Å²) in [6.45, 7) is 1.55. The van der Waals surface area contributed by atoms with Crippen LogP contribution >= 0.6 is 23.2 Å². The van der Waals surface area contributed by atoms with Crippen molar-refractivity contribution in [1.29, 1.82) is 0 Å². The molecule has 0 radical (unpaired) electrons. The largest absolute Gasteiger partial charge is 0.497 e. The van der Waals surface area contributed by atoms with Gasteiger partial charge in [0.25, 0.3) is 0 Å². The molecule has 0 bridgehead atoms. The van der Waals surface area contributed by atoms with Crippen molar-refractivity contribution in [3.8, 4) is 5.75 Å². The van der Waals surface area contributed by atoms with Crippen LogP contribution in [-0.2, 0) is 25.1 Å². The molecule has 0 spiro atoms. The van der Waals surface area contributed by atoms with Crippen molar-refractivity contribution in [2.75, 3.05) is 13.7 Å². The molecule has 2 N–H and O–H groups in total. The summed E-state index contributed by atoms with van der Waals surface area (Å²) in [5.74, 6) is -14.4. The van der Waals surface area contributed by atoms with Gasteiger partial charge in [-0.15, -0.1) is 0 Å². The lowest BCUT2D eigenvalue weighted by atomic mass is 9.84. The van der Waals surface area contributed by atoms with Gasteiger partial charge in [0, 0.05) is 29.3 Å². The lowest BCUT2D eigenvalue weighted by Crippen LogP contribution is -2.42. The molecule has 0 aliphatic heterocycles. The highest BCUT2D eigenvalue weighted by molar-refractivity contribution is 6.34. The van der Waals surface area contributed by atoms with E-state index in [9.17, 15) is 46.2 Å². The maximum atomic E-state index is 15.0. The molecule has 230 valence electrons. The molecule has 3 atom stereocenters. The Hall–Kier alpha value is -3.09. The number of Topliss-reactive ketones (excluding diaryl/α,β-unsaturated/α-hetero) is 3. The number of benzene rings is 2. The van der Waals surface area contributed by atoms with Crippen LogP contribution in [0.3, 0.4) is 0 Å². The van der Waals surface area contributed by atoms with E-state index in [1.807, 2.05) is 0 Å². The molecule has 0 saturated carbocycles. The zero-order valence-corrected chi connectivity index (χ0v) is 24.1. The van der Waals surface area contributed by atoms with Crippen LogP contribution in [0.25, 0.3) is 0 Å². The average Bonchev–Trinajstić information content (AvgIpc) is 2.93. The fourth-order valence-electron chi connectivity index (χ4n) is 4.06. The van der Waals surface area contributed by atoms with E-state index in [-0.39, 0.29) is 10.6 Å². The van der Waals surface area contributed by atoms with Crippen LogP contribution in [0, 0.1) is 17.8 Å². The number of hydrogen-bond acceptors (Lipinski definition) is 6. The van der Waals surface area contributed by atoms with Gasteiger partial charge in [-0.05, 0) is 41.8 Å². The van der Waals surface area contributed by atoms with E-state index < -0.39 is 89.2 Å². The van der Waals surface area contributed by atoms with Gasteiger partial charge in [0.2, 0.25) is 17.5 Å². The summed E-state index contributed by atoms with van der Waals surface area (Å²) in [5, 5.41) is 11.4. The highest BCUT2D eigenvalue weighted by atomic mass is 35.5. The maximum Gasteiger partial charge on any atom is 0.450 e. The molecule has 0 saturated heterocycles. The van der Waals surface area contributed by atoms with Crippen molar-refractivity contribution >= 4 is 46.5 Å². The molecule has 1 amide bonds. The van der Waals surface area contributed by atoms with Crippen molar-refractivity contribution in [3.63, 3.8) is 0 Å². The quantitative estimate of drug-likeness (QED) is 0.250. The third-order valence-corrected chi connectivity index (χ3v) is 7.10. The van der Waals surface area contributed by atoms with Crippen LogP contribution in [0.1, 0.15) is 43.9 Å². The monoisotopic (exact) mass is 639 g/mol. The Labute approximate surface area is 248 Å². The Morgan fingerprint density at radius 3 is 2.05 bits per heavy atom. The molecule has 2 aromatic rings. The number of amides is 1. The lowest BCUT2D eigenvalue weighted by molar-refractivity contribution is -0.177. The van der Waals surface area contributed by atoms with Crippen LogP contribution < -0.4 is 10.1 Å². The van der Waals surface area contributed by atoms with Gasteiger partial charge < -0.3 is 15.2 Å². The fraction of sp³-hybridized carbons (Fsp3) is 0.429. The van der Waals surface area contributed by atoms with Gasteiger partial charge in [-0.2, -0.15) is 22.0 Å². The summed E-state index contributed by atoms with van der Waals surface area (Å²) in [6, 6.07) is 6.84. The Balaban J connectivity index is 2.37. The van der Waals surface area contributed by atoms with E-state index in [4.69, 9.17) is 27.9 Å². The molecule has 2 aromatic carbocycles. The minimum Gasteiger partial charge on any atom is -0.497 e. The van der Waals surface area contributed by atoms with E-state index >= 15 is 0 Å². The second-order valence-electron chi connectivity index (χ2n) is 9.80. The van der Waals surface area contributed by atoms with Crippen molar-refractivity contribution < 1.29 is 51.0 Å². The Kier molecular flexibility index (Phi) is 12.0. The van der Waals surface area contributed by atoms with Crippen molar-refractivity contribution in [1.82, 2.24) is 5.32 Å². The average molecular weight is 640 g/mol. The molecule has 14 heteroatoms. The number of carbonyl (C=O) groups is 4. The standard InChI is InChI=1S/C28H28Cl2F5NO6/c1-14(2)19(25(40)28(33,34)35)12-22(38)24(15-4-7-18(42-3)8-5-15)36-26(41)16(13-37)10-23(39)27(31,32)20-11-17(29)6-9-21(20)30/h4-9,11,14,16,19,24,37H,10,12-13H2,1-3H3,(H,36,41)/t16-,19-,24-/m0/s1. The number of hydrogen-bond donors (Lipinski definition) is 2. The third-order valence-electron chi connectivity index (χ3n) is 6.54. The predicted molar refractivity (Wildman–Crippen MR) is 143 cm³/mol. The second kappa shape index (κ2) is 14.4. The fourth-order valence-corrected chi connectivity index (χ4v) is 4.47. The topological polar surface area (TPSA) is 110 Å². The molecule has 7 nitrogen and oxygen atoms in total. The van der Waals surface area contributed by atoms with Gasteiger partial charge in [0.1, 0.15) is 11.8 Å². The summed E-state index contributed by atoms with van der Waals surface area (Å²) >= 11 is 11.5. The van der Waals surface area contributed by atoms with Crippen molar-refractivity contribution in [2.24, 2.45) is 17.8 Å². The highest BCUT2D eigenvalue weighted by Gasteiger charge is 2.46. The third kappa shape index (κ3) is 8.71. The first kappa shape index (κ1) is 35.1. The number of ketones is 3. The van der Waals surface area contributed by atoms with Crippen molar-refractivity contribution in [3.05, 3.63) is 63.6 Å². The summed E-state index contributed by atoms with van der Waals surface area (Å²) < 4.78 is 74.5. The lowest BCUT2D eigenvalue weighted by Gasteiger charge is -2.26. The van der Waals surface area contributed by atoms with Gasteiger partial charge in [0.05, 0.1) is 24.7 Å². The molecule has 0 aromatic heterocycles. The zero-order chi connectivity index (χ0) is 32.0. The van der Waals surface area contributed by atoms with Gasteiger partial charge in [0.15, 0.2) is 5.78 Å². The number of aliphatic hydroxyl groups is 1. The SMILES string of the molecule is COc1ccc([C@H](NC(=O)[C@H](CO)CC(=O)C(F)(F)c2cc(Cl)ccc2Cl)C(=O)C[C@H](C(=O)C(F)(F)F)C(C)C)cc1. The first-order valence-electron chi connectivity index (χ1n) is 12.5. The highest BCUT2D eigenvalue weighted by Crippen LogP contribution is 2.38. The summed E-state index contributed by atoms with van der Waals surface area (Å²) in [5.41, 5.74) is -0.853. The van der Waals surface area contributed by atoms with Gasteiger partial charge >= 0.3 is 12.1 Å². The molecule has 0 aliphatic rings.